The molecule has 0 N–H and O–H groups in total. The predicted molar refractivity (Wildman–Crippen MR) is 162 cm³/mol. The minimum Gasteiger partial charge on any atom is -0.493 e. The molecule has 8 nitrogen and oxygen atoms in total. The number of carbonyl (C=O) groups is 1. The van der Waals surface area contributed by atoms with E-state index >= 15 is 0 Å². The second-order valence-corrected chi connectivity index (χ2v) is 11.6. The molecule has 0 radical (unpaired) electrons. The van der Waals surface area contributed by atoms with Gasteiger partial charge >= 0.3 is 5.97 Å². The molecule has 0 amide bonds. The molecule has 3 heterocycles. The SMILES string of the molecule is CCOC(=O)C1=C(C)N=c2s/c(=C\c3ccc(-c4ccc(Cl)cc4Cl)o3)c(=O)n2C1c1cc(OC)c(OC)cc1Br. The number of nitrogens with zero attached hydrogens (tertiary/aromatic N) is 2. The van der Waals surface area contributed by atoms with Gasteiger partial charge in [-0.3, -0.25) is 9.36 Å². The normalized spacial score (nSPS) is 15.0. The first-order valence-electron chi connectivity index (χ1n) is 12.3. The Morgan fingerprint density at radius 1 is 1.15 bits per heavy atom. The standard InChI is InChI=1S/C29H23BrCl2N2O6S/c1-5-39-28(36)25-14(2)33-29-34(26(25)18-12-22(37-3)23(38-4)13-19(18)30)27(35)24(41-29)11-16-7-9-21(40-16)17-8-6-15(31)10-20(17)32/h6-13,26H,5H2,1-4H3/b24-11-. The molecular formula is C29H23BrCl2N2O6S. The van der Waals surface area contributed by atoms with Gasteiger partial charge in [0.25, 0.3) is 5.56 Å². The number of ether oxygens (including phenoxy) is 3. The van der Waals surface area contributed by atoms with E-state index in [1.165, 1.54) is 30.1 Å². The highest BCUT2D eigenvalue weighted by atomic mass is 79.9. The first kappa shape index (κ1) is 29.2. The van der Waals surface area contributed by atoms with Gasteiger partial charge in [0.15, 0.2) is 16.3 Å². The molecule has 5 rings (SSSR count). The fourth-order valence-corrected chi connectivity index (χ4v) is 6.63. The summed E-state index contributed by atoms with van der Waals surface area (Å²) in [5.41, 5.74) is 1.62. The molecule has 0 spiro atoms. The molecule has 41 heavy (non-hydrogen) atoms. The zero-order valence-corrected chi connectivity index (χ0v) is 26.2. The number of methoxy groups -OCH3 is 2. The maximum Gasteiger partial charge on any atom is 0.338 e. The Morgan fingerprint density at radius 2 is 1.88 bits per heavy atom. The van der Waals surface area contributed by atoms with Crippen molar-refractivity contribution in [2.75, 3.05) is 20.8 Å². The monoisotopic (exact) mass is 676 g/mol. The van der Waals surface area contributed by atoms with Crippen LogP contribution >= 0.6 is 50.5 Å². The van der Waals surface area contributed by atoms with Crippen LogP contribution in [0.4, 0.5) is 0 Å². The lowest BCUT2D eigenvalue weighted by Crippen LogP contribution is -2.40. The summed E-state index contributed by atoms with van der Waals surface area (Å²) >= 11 is 17.2. The highest BCUT2D eigenvalue weighted by molar-refractivity contribution is 9.10. The molecule has 1 atom stereocenters. The van der Waals surface area contributed by atoms with Crippen molar-refractivity contribution in [2.24, 2.45) is 4.99 Å². The number of hydrogen-bond donors (Lipinski definition) is 0. The number of furan rings is 1. The summed E-state index contributed by atoms with van der Waals surface area (Å²) in [6.07, 6.45) is 1.64. The zero-order chi connectivity index (χ0) is 29.4. The van der Waals surface area contributed by atoms with E-state index in [1.807, 2.05) is 0 Å². The Kier molecular flexibility index (Phi) is 8.47. The molecule has 212 valence electrons. The zero-order valence-electron chi connectivity index (χ0n) is 22.3. The maximum absolute atomic E-state index is 14.0. The van der Waals surface area contributed by atoms with Gasteiger partial charge in [-0.25, -0.2) is 9.79 Å². The Hall–Kier alpha value is -3.31. The van der Waals surface area contributed by atoms with Crippen molar-refractivity contribution in [3.05, 3.63) is 99.3 Å². The van der Waals surface area contributed by atoms with E-state index in [9.17, 15) is 9.59 Å². The summed E-state index contributed by atoms with van der Waals surface area (Å²) in [4.78, 5) is 32.2. The highest BCUT2D eigenvalue weighted by Crippen LogP contribution is 2.41. The smallest absolute Gasteiger partial charge is 0.338 e. The van der Waals surface area contributed by atoms with E-state index < -0.39 is 12.0 Å². The molecule has 1 unspecified atom stereocenters. The van der Waals surface area contributed by atoms with E-state index in [1.54, 1.807) is 62.4 Å². The van der Waals surface area contributed by atoms with Gasteiger partial charge in [0.2, 0.25) is 0 Å². The Morgan fingerprint density at radius 3 is 2.56 bits per heavy atom. The summed E-state index contributed by atoms with van der Waals surface area (Å²) in [6, 6.07) is 11.3. The van der Waals surface area contributed by atoms with E-state index in [2.05, 4.69) is 20.9 Å². The lowest BCUT2D eigenvalue weighted by atomic mass is 9.95. The Balaban J connectivity index is 1.68. The van der Waals surface area contributed by atoms with Crippen LogP contribution in [-0.2, 0) is 9.53 Å². The van der Waals surface area contributed by atoms with Gasteiger partial charge in [0.1, 0.15) is 11.5 Å². The van der Waals surface area contributed by atoms with Crippen molar-refractivity contribution >= 4 is 62.5 Å². The van der Waals surface area contributed by atoms with Crippen molar-refractivity contribution in [3.8, 4) is 22.8 Å². The third-order valence-corrected chi connectivity index (χ3v) is 8.63. The largest absolute Gasteiger partial charge is 0.493 e. The van der Waals surface area contributed by atoms with Crippen molar-refractivity contribution in [2.45, 2.75) is 19.9 Å². The second-order valence-electron chi connectivity index (χ2n) is 8.86. The first-order chi connectivity index (χ1) is 19.7. The van der Waals surface area contributed by atoms with Crippen LogP contribution < -0.4 is 24.4 Å². The minimum atomic E-state index is -0.846. The molecular weight excluding hydrogens is 655 g/mol. The summed E-state index contributed by atoms with van der Waals surface area (Å²) in [7, 11) is 3.05. The van der Waals surface area contributed by atoms with Gasteiger partial charge < -0.3 is 18.6 Å². The van der Waals surface area contributed by atoms with E-state index in [0.717, 1.165) is 0 Å². The van der Waals surface area contributed by atoms with Crippen molar-refractivity contribution in [1.29, 1.82) is 0 Å². The number of benzene rings is 2. The molecule has 1 aliphatic heterocycles. The molecule has 0 bridgehead atoms. The minimum absolute atomic E-state index is 0.165. The molecule has 0 saturated heterocycles. The fraction of sp³-hybridized carbons (Fsp3) is 0.207. The number of aromatic nitrogens is 1. The first-order valence-corrected chi connectivity index (χ1v) is 14.7. The topological polar surface area (TPSA) is 92.3 Å². The quantitative estimate of drug-likeness (QED) is 0.218. The van der Waals surface area contributed by atoms with Gasteiger partial charge in [-0.05, 0) is 61.9 Å². The average molecular weight is 678 g/mol. The lowest BCUT2D eigenvalue weighted by molar-refractivity contribution is -0.139. The van der Waals surface area contributed by atoms with Crippen LogP contribution in [0.3, 0.4) is 0 Å². The summed E-state index contributed by atoms with van der Waals surface area (Å²) in [5.74, 6) is 1.34. The fourth-order valence-electron chi connectivity index (χ4n) is 4.56. The predicted octanol–water partition coefficient (Wildman–Crippen LogP) is 6.14. The number of allylic oxidation sites excluding steroid dienone is 1. The van der Waals surface area contributed by atoms with E-state index in [0.29, 0.717) is 63.7 Å². The number of fused-ring (bicyclic) bond motifs is 1. The molecule has 4 aromatic rings. The van der Waals surface area contributed by atoms with Gasteiger partial charge in [-0.15, -0.1) is 0 Å². The maximum atomic E-state index is 14.0. The molecule has 0 aliphatic carbocycles. The number of thiazole rings is 1. The van der Waals surface area contributed by atoms with Gasteiger partial charge in [0.05, 0.1) is 47.7 Å². The Labute approximate surface area is 257 Å². The van der Waals surface area contributed by atoms with Gasteiger partial charge in [-0.2, -0.15) is 0 Å². The summed E-state index contributed by atoms with van der Waals surface area (Å²) in [6.45, 7) is 3.61. The molecule has 12 heteroatoms. The van der Waals surface area contributed by atoms with Gasteiger partial charge in [0, 0.05) is 21.1 Å². The van der Waals surface area contributed by atoms with Crippen molar-refractivity contribution in [1.82, 2.24) is 4.57 Å². The van der Waals surface area contributed by atoms with Crippen molar-refractivity contribution in [3.63, 3.8) is 0 Å². The van der Waals surface area contributed by atoms with Crippen LogP contribution in [-0.4, -0.2) is 31.4 Å². The third-order valence-electron chi connectivity index (χ3n) is 6.41. The van der Waals surface area contributed by atoms with E-state index in [4.69, 9.17) is 41.8 Å². The average Bonchev–Trinajstić information content (AvgIpc) is 3.51. The van der Waals surface area contributed by atoms with Crippen molar-refractivity contribution < 1.29 is 23.4 Å². The highest BCUT2D eigenvalue weighted by Gasteiger charge is 2.35. The molecule has 0 saturated carbocycles. The number of hydrogen-bond acceptors (Lipinski definition) is 8. The summed E-state index contributed by atoms with van der Waals surface area (Å²) < 4.78 is 24.8. The molecule has 1 aliphatic rings. The number of esters is 1. The van der Waals surface area contributed by atoms with Crippen LogP contribution in [0.15, 0.2) is 72.4 Å². The molecule has 2 aromatic carbocycles. The molecule has 2 aromatic heterocycles. The van der Waals surface area contributed by atoms with Crippen LogP contribution in [0, 0.1) is 0 Å². The van der Waals surface area contributed by atoms with Crippen LogP contribution in [0.25, 0.3) is 17.4 Å². The third kappa shape index (κ3) is 5.49. The van der Waals surface area contributed by atoms with E-state index in [-0.39, 0.29) is 17.7 Å². The molecule has 0 fully saturated rings. The Bertz CT molecular complexity index is 1890. The second kappa shape index (κ2) is 11.9. The number of carbonyl (C=O) groups excluding carboxylic acids is 1. The lowest BCUT2D eigenvalue weighted by Gasteiger charge is -2.26. The van der Waals surface area contributed by atoms with Crippen LogP contribution in [0.1, 0.15) is 31.2 Å². The van der Waals surface area contributed by atoms with Crippen LogP contribution in [0.5, 0.6) is 11.5 Å². The number of halogens is 3. The summed E-state index contributed by atoms with van der Waals surface area (Å²) in [5, 5.41) is 0.958. The van der Waals surface area contributed by atoms with Gasteiger partial charge in [-0.1, -0.05) is 50.5 Å². The van der Waals surface area contributed by atoms with Crippen LogP contribution in [0.2, 0.25) is 10.0 Å². The number of rotatable bonds is 7.